The molecule has 0 radical (unpaired) electrons. The van der Waals surface area contributed by atoms with Crippen molar-refractivity contribution in [2.45, 2.75) is 33.9 Å². The topological polar surface area (TPSA) is 87.9 Å². The molecule has 0 saturated heterocycles. The van der Waals surface area contributed by atoms with Gasteiger partial charge in [-0.05, 0) is 51.1 Å². The molecule has 0 aromatic heterocycles. The highest BCUT2D eigenvalue weighted by atomic mass is 35.5. The number of nitrogens with zero attached hydrogens (tertiary/aromatic N) is 1. The van der Waals surface area contributed by atoms with Crippen LogP contribution in [0.2, 0.25) is 5.02 Å². The third kappa shape index (κ3) is 6.91. The smallest absolute Gasteiger partial charge is 0.416 e. The molecule has 0 saturated carbocycles. The number of benzene rings is 2. The third-order valence-electron chi connectivity index (χ3n) is 4.48. The van der Waals surface area contributed by atoms with E-state index in [-0.39, 0.29) is 33.7 Å². The van der Waals surface area contributed by atoms with Gasteiger partial charge in [0, 0.05) is 12.2 Å². The van der Waals surface area contributed by atoms with E-state index in [9.17, 15) is 28.1 Å². The maximum absolute atomic E-state index is 12.9. The SMILES string of the molecule is CCP(=S)(OCOC(=O)C(C)(C)C)c1cc(Oc2ccc(C(F)(F)F)cc2Cl)ccc1[N+](=O)[O-]. The van der Waals surface area contributed by atoms with Gasteiger partial charge >= 0.3 is 12.1 Å². The van der Waals surface area contributed by atoms with E-state index in [1.54, 1.807) is 27.7 Å². The van der Waals surface area contributed by atoms with E-state index < -0.39 is 41.1 Å². The molecule has 2 aromatic carbocycles. The molecule has 1 atom stereocenters. The lowest BCUT2D eigenvalue weighted by molar-refractivity contribution is -0.383. The molecule has 0 fully saturated rings. The van der Waals surface area contributed by atoms with Crippen LogP contribution in [0.3, 0.4) is 0 Å². The summed E-state index contributed by atoms with van der Waals surface area (Å²) in [5.74, 6) is -0.562. The standard InChI is InChI=1S/C21H22ClF3NO6PS/c1-5-33(34,31-12-30-19(27)20(2,3)4)18-11-14(7-8-16(18)26(28)29)32-17-9-6-13(10-15(17)22)21(23,24)25/h6-11H,5,12H2,1-4H3. The summed E-state index contributed by atoms with van der Waals surface area (Å²) in [6.45, 7) is 6.15. The Kier molecular flexibility index (Phi) is 8.74. The lowest BCUT2D eigenvalue weighted by atomic mass is 9.98. The molecule has 2 rings (SSSR count). The average molecular weight is 540 g/mol. The zero-order valence-corrected chi connectivity index (χ0v) is 21.1. The molecule has 0 spiro atoms. The molecule has 186 valence electrons. The Morgan fingerprint density at radius 3 is 2.32 bits per heavy atom. The van der Waals surface area contributed by atoms with E-state index in [4.69, 9.17) is 37.4 Å². The minimum atomic E-state index is -4.58. The summed E-state index contributed by atoms with van der Waals surface area (Å²) >= 11 is 11.6. The van der Waals surface area contributed by atoms with Crippen LogP contribution in [0, 0.1) is 15.5 Å². The van der Waals surface area contributed by atoms with Crippen LogP contribution in [0.4, 0.5) is 18.9 Å². The Hall–Kier alpha value is -2.20. The van der Waals surface area contributed by atoms with Gasteiger partial charge in [-0.3, -0.25) is 14.9 Å². The number of hydrogen-bond acceptors (Lipinski definition) is 7. The Labute approximate surface area is 204 Å². The van der Waals surface area contributed by atoms with Crippen LogP contribution in [0.1, 0.15) is 33.3 Å². The number of ether oxygens (including phenoxy) is 2. The van der Waals surface area contributed by atoms with Crippen LogP contribution in [-0.2, 0) is 32.0 Å². The van der Waals surface area contributed by atoms with Crippen LogP contribution in [0.15, 0.2) is 36.4 Å². The number of nitro benzene ring substituents is 1. The number of carbonyl (C=O) groups is 1. The zero-order valence-electron chi connectivity index (χ0n) is 18.6. The molecular weight excluding hydrogens is 518 g/mol. The van der Waals surface area contributed by atoms with Gasteiger partial charge in [-0.15, -0.1) is 0 Å². The summed E-state index contributed by atoms with van der Waals surface area (Å²) in [7, 11) is 0. The normalized spacial score (nSPS) is 13.8. The van der Waals surface area contributed by atoms with Crippen molar-refractivity contribution in [1.82, 2.24) is 0 Å². The molecule has 0 aliphatic carbocycles. The minimum Gasteiger partial charge on any atom is -0.456 e. The summed E-state index contributed by atoms with van der Waals surface area (Å²) in [4.78, 5) is 23.0. The largest absolute Gasteiger partial charge is 0.456 e. The molecule has 0 aliphatic heterocycles. The second kappa shape index (κ2) is 10.6. The summed E-state index contributed by atoms with van der Waals surface area (Å²) in [5, 5.41) is 11.4. The molecule has 1 unspecified atom stereocenters. The van der Waals surface area contributed by atoms with Gasteiger partial charge in [-0.2, -0.15) is 13.2 Å². The lowest BCUT2D eigenvalue weighted by Gasteiger charge is -2.23. The van der Waals surface area contributed by atoms with E-state index >= 15 is 0 Å². The highest BCUT2D eigenvalue weighted by Gasteiger charge is 2.32. The zero-order chi connectivity index (χ0) is 25.9. The van der Waals surface area contributed by atoms with Crippen molar-refractivity contribution in [3.63, 3.8) is 0 Å². The first-order valence-corrected chi connectivity index (χ1v) is 13.1. The van der Waals surface area contributed by atoms with Gasteiger partial charge < -0.3 is 14.0 Å². The predicted octanol–water partition coefficient (Wildman–Crippen LogP) is 6.66. The van der Waals surface area contributed by atoms with Gasteiger partial charge in [0.2, 0.25) is 0 Å². The number of halogens is 4. The summed E-state index contributed by atoms with van der Waals surface area (Å²) in [5.41, 5.74) is -2.05. The fourth-order valence-electron chi connectivity index (χ4n) is 2.59. The van der Waals surface area contributed by atoms with Gasteiger partial charge in [0.25, 0.3) is 5.69 Å². The monoisotopic (exact) mass is 539 g/mol. The number of rotatable bonds is 8. The third-order valence-corrected chi connectivity index (χ3v) is 8.90. The summed E-state index contributed by atoms with van der Waals surface area (Å²) < 4.78 is 55.0. The van der Waals surface area contributed by atoms with Crippen LogP contribution >= 0.6 is 17.9 Å². The Bertz CT molecular complexity index is 1140. The van der Waals surface area contributed by atoms with E-state index in [1.807, 2.05) is 0 Å². The van der Waals surface area contributed by atoms with Crippen molar-refractivity contribution < 1.29 is 36.9 Å². The van der Waals surface area contributed by atoms with Gasteiger partial charge in [-0.25, -0.2) is 0 Å². The number of nitro groups is 1. The van der Waals surface area contributed by atoms with Gasteiger partial charge in [0.05, 0.1) is 26.2 Å². The van der Waals surface area contributed by atoms with Crippen LogP contribution < -0.4 is 10.0 Å². The molecule has 0 N–H and O–H groups in total. The molecule has 34 heavy (non-hydrogen) atoms. The Morgan fingerprint density at radius 2 is 1.82 bits per heavy atom. The Morgan fingerprint density at radius 1 is 1.18 bits per heavy atom. The van der Waals surface area contributed by atoms with Crippen molar-refractivity contribution in [1.29, 1.82) is 0 Å². The number of hydrogen-bond donors (Lipinski definition) is 0. The van der Waals surface area contributed by atoms with Crippen LogP contribution in [-0.4, -0.2) is 23.8 Å². The molecule has 0 amide bonds. The Balaban J connectivity index is 2.37. The van der Waals surface area contributed by atoms with E-state index in [2.05, 4.69) is 0 Å². The highest BCUT2D eigenvalue weighted by molar-refractivity contribution is 8.16. The van der Waals surface area contributed by atoms with Crippen molar-refractivity contribution in [3.8, 4) is 11.5 Å². The number of alkyl halides is 3. The lowest BCUT2D eigenvalue weighted by Crippen LogP contribution is -2.24. The van der Waals surface area contributed by atoms with Crippen LogP contribution in [0.5, 0.6) is 11.5 Å². The highest BCUT2D eigenvalue weighted by Crippen LogP contribution is 2.49. The first kappa shape index (κ1) is 28.0. The summed E-state index contributed by atoms with van der Waals surface area (Å²) in [6.07, 6.45) is -7.46. The molecule has 2 aromatic rings. The number of esters is 1. The maximum atomic E-state index is 12.9. The molecule has 7 nitrogen and oxygen atoms in total. The van der Waals surface area contributed by atoms with Gasteiger partial charge in [0.1, 0.15) is 17.8 Å². The molecular formula is C21H22ClF3NO6PS. The fraction of sp³-hybridized carbons (Fsp3) is 0.381. The van der Waals surface area contributed by atoms with Crippen molar-refractivity contribution in [3.05, 3.63) is 57.1 Å². The second-order valence-electron chi connectivity index (χ2n) is 8.07. The maximum Gasteiger partial charge on any atom is 0.416 e. The van der Waals surface area contributed by atoms with Crippen LogP contribution in [0.25, 0.3) is 0 Å². The van der Waals surface area contributed by atoms with Crippen molar-refractivity contribution in [2.75, 3.05) is 13.0 Å². The quantitative estimate of drug-likeness (QED) is 0.122. The summed E-state index contributed by atoms with van der Waals surface area (Å²) in [6, 6.07) is 6.28. The van der Waals surface area contributed by atoms with E-state index in [0.717, 1.165) is 18.2 Å². The average Bonchev–Trinajstić information content (AvgIpc) is 2.73. The molecule has 13 heteroatoms. The van der Waals surface area contributed by atoms with E-state index in [1.165, 1.54) is 12.1 Å². The van der Waals surface area contributed by atoms with Crippen molar-refractivity contribution in [2.24, 2.45) is 5.41 Å². The van der Waals surface area contributed by atoms with Crippen molar-refractivity contribution >= 4 is 46.6 Å². The minimum absolute atomic E-state index is 0.0558. The van der Waals surface area contributed by atoms with E-state index in [0.29, 0.717) is 6.07 Å². The fourth-order valence-corrected chi connectivity index (χ4v) is 5.10. The first-order chi connectivity index (χ1) is 15.6. The van der Waals surface area contributed by atoms with Gasteiger partial charge in [0.15, 0.2) is 6.79 Å². The second-order valence-corrected chi connectivity index (χ2v) is 13.0. The molecule has 0 aliphatic rings. The number of carbonyl (C=O) groups excluding carboxylic acids is 1. The first-order valence-electron chi connectivity index (χ1n) is 9.83. The molecule has 0 bridgehead atoms. The molecule has 0 heterocycles. The predicted molar refractivity (Wildman–Crippen MR) is 126 cm³/mol. The van der Waals surface area contributed by atoms with Gasteiger partial charge in [-0.1, -0.05) is 30.3 Å².